The van der Waals surface area contributed by atoms with Crippen LogP contribution in [0.1, 0.15) is 28.0 Å². The molecule has 0 bridgehead atoms. The summed E-state index contributed by atoms with van der Waals surface area (Å²) in [6.45, 7) is 6.14. The molecule has 2 amide bonds. The molecule has 2 aliphatic heterocycles. The number of hydrogen-bond donors (Lipinski definition) is 2. The van der Waals surface area contributed by atoms with E-state index < -0.39 is 23.3 Å². The fourth-order valence-corrected chi connectivity index (χ4v) is 6.70. The normalized spacial score (nSPS) is 20.5. The largest absolute Gasteiger partial charge is 0.477 e. The van der Waals surface area contributed by atoms with E-state index in [1.54, 1.807) is 17.8 Å². The molecule has 2 atom stereocenters. The van der Waals surface area contributed by atoms with Crippen molar-refractivity contribution in [3.05, 3.63) is 33.7 Å². The van der Waals surface area contributed by atoms with E-state index in [4.69, 9.17) is 0 Å². The van der Waals surface area contributed by atoms with E-state index in [-0.39, 0.29) is 11.6 Å². The lowest BCUT2D eigenvalue weighted by Crippen LogP contribution is -2.70. The number of thioether (sulfide) groups is 2. The van der Waals surface area contributed by atoms with Gasteiger partial charge in [-0.1, -0.05) is 23.1 Å². The van der Waals surface area contributed by atoms with Crippen molar-refractivity contribution in [2.45, 2.75) is 43.1 Å². The molecule has 4 rings (SSSR count). The average molecular weight is 481 g/mol. The minimum Gasteiger partial charge on any atom is -0.477 e. The summed E-state index contributed by atoms with van der Waals surface area (Å²) >= 11 is 4.29. The quantitative estimate of drug-likeness (QED) is 0.447. The predicted molar refractivity (Wildman–Crippen MR) is 117 cm³/mol. The van der Waals surface area contributed by atoms with Gasteiger partial charge in [-0.15, -0.1) is 22.0 Å². The number of hydrogen-bond acceptors (Lipinski definition) is 9. The highest BCUT2D eigenvalue weighted by Crippen LogP contribution is 2.41. The standard InChI is InChI=1S/C18H20N6O4S3/c1-4-23-5-11(8(2)22-23)14(25)19-12-15(26)24-13(17(27)28)10(6-29-16(12)24)7-30-18-21-20-9(3)31-18/h5,12,16H,4,6-7H2,1-3H3,(H,19,25)(H,27,28)/t12-,16+/m0/s1. The third-order valence-corrected chi connectivity index (χ3v) is 8.33. The van der Waals surface area contributed by atoms with E-state index in [9.17, 15) is 19.5 Å². The van der Waals surface area contributed by atoms with Crippen LogP contribution in [0.25, 0.3) is 0 Å². The molecule has 2 aromatic heterocycles. The first-order chi connectivity index (χ1) is 14.8. The number of carboxylic acids is 1. The van der Waals surface area contributed by atoms with Crippen LogP contribution in [0.15, 0.2) is 21.8 Å². The topological polar surface area (TPSA) is 130 Å². The van der Waals surface area contributed by atoms with E-state index >= 15 is 0 Å². The fourth-order valence-electron chi connectivity index (χ4n) is 3.40. The van der Waals surface area contributed by atoms with Gasteiger partial charge in [0.15, 0.2) is 4.34 Å². The summed E-state index contributed by atoms with van der Waals surface area (Å²) in [5.41, 5.74) is 1.65. The number of nitrogens with zero attached hydrogens (tertiary/aromatic N) is 5. The van der Waals surface area contributed by atoms with Gasteiger partial charge in [0, 0.05) is 24.2 Å². The van der Waals surface area contributed by atoms with Crippen LogP contribution in [0, 0.1) is 13.8 Å². The van der Waals surface area contributed by atoms with Gasteiger partial charge in [0.25, 0.3) is 11.8 Å². The third kappa shape index (κ3) is 4.08. The molecule has 2 aromatic rings. The Balaban J connectivity index is 1.48. The van der Waals surface area contributed by atoms with Crippen LogP contribution >= 0.6 is 34.9 Å². The van der Waals surface area contributed by atoms with E-state index in [0.29, 0.717) is 34.9 Å². The molecular formula is C18H20N6O4S3. The van der Waals surface area contributed by atoms with Crippen LogP contribution in [-0.4, -0.2) is 70.7 Å². The molecule has 0 aromatic carbocycles. The Kier molecular flexibility index (Phi) is 6.08. The molecule has 2 N–H and O–H groups in total. The molecule has 2 aliphatic rings. The Morgan fingerprint density at radius 1 is 1.35 bits per heavy atom. The number of carbonyl (C=O) groups excluding carboxylic acids is 2. The van der Waals surface area contributed by atoms with Crippen molar-refractivity contribution in [1.82, 2.24) is 30.2 Å². The number of β-lactam (4-membered cyclic amide) rings is 1. The van der Waals surface area contributed by atoms with Crippen LogP contribution in [0.4, 0.5) is 0 Å². The molecular weight excluding hydrogens is 460 g/mol. The maximum Gasteiger partial charge on any atom is 0.352 e. The highest BCUT2D eigenvalue weighted by molar-refractivity contribution is 8.01. The molecule has 1 saturated heterocycles. The first kappa shape index (κ1) is 21.8. The lowest BCUT2D eigenvalue weighted by Gasteiger charge is -2.49. The van der Waals surface area contributed by atoms with Gasteiger partial charge in [0.05, 0.1) is 11.3 Å². The summed E-state index contributed by atoms with van der Waals surface area (Å²) in [6, 6.07) is -0.767. The van der Waals surface area contributed by atoms with Crippen LogP contribution in [0.5, 0.6) is 0 Å². The predicted octanol–water partition coefficient (Wildman–Crippen LogP) is 1.52. The zero-order valence-electron chi connectivity index (χ0n) is 17.0. The Labute approximate surface area is 190 Å². The van der Waals surface area contributed by atoms with E-state index in [2.05, 4.69) is 20.6 Å². The summed E-state index contributed by atoms with van der Waals surface area (Å²) in [7, 11) is 0. The molecule has 0 spiro atoms. The van der Waals surface area contributed by atoms with Crippen molar-refractivity contribution in [2.75, 3.05) is 11.5 Å². The smallest absolute Gasteiger partial charge is 0.352 e. The fraction of sp³-hybridized carbons (Fsp3) is 0.444. The summed E-state index contributed by atoms with van der Waals surface area (Å²) < 4.78 is 2.41. The summed E-state index contributed by atoms with van der Waals surface area (Å²) in [5, 5.41) is 25.2. The first-order valence-corrected chi connectivity index (χ1v) is 12.3. The van der Waals surface area contributed by atoms with Gasteiger partial charge in [-0.05, 0) is 26.3 Å². The molecule has 0 saturated carbocycles. The number of aromatic nitrogens is 4. The molecule has 0 aliphatic carbocycles. The minimum absolute atomic E-state index is 0.00275. The number of fused-ring (bicyclic) bond motifs is 1. The van der Waals surface area contributed by atoms with Gasteiger partial charge in [-0.2, -0.15) is 5.10 Å². The Morgan fingerprint density at radius 2 is 2.13 bits per heavy atom. The molecule has 1 fully saturated rings. The summed E-state index contributed by atoms with van der Waals surface area (Å²) in [5.74, 6) is -1.08. The van der Waals surface area contributed by atoms with E-state index in [1.807, 2.05) is 13.8 Å². The molecule has 4 heterocycles. The second-order valence-electron chi connectivity index (χ2n) is 6.98. The van der Waals surface area contributed by atoms with Gasteiger partial charge in [0.2, 0.25) is 0 Å². The highest BCUT2D eigenvalue weighted by Gasteiger charge is 2.54. The van der Waals surface area contributed by atoms with Crippen molar-refractivity contribution < 1.29 is 19.5 Å². The van der Waals surface area contributed by atoms with Crippen molar-refractivity contribution in [3.63, 3.8) is 0 Å². The number of rotatable bonds is 7. The van der Waals surface area contributed by atoms with E-state index in [0.717, 1.165) is 9.35 Å². The lowest BCUT2D eigenvalue weighted by atomic mass is 10.0. The molecule has 164 valence electrons. The van der Waals surface area contributed by atoms with Gasteiger partial charge in [-0.3, -0.25) is 19.2 Å². The average Bonchev–Trinajstić information content (AvgIpc) is 3.34. The van der Waals surface area contributed by atoms with Crippen LogP contribution in [-0.2, 0) is 16.1 Å². The highest BCUT2D eigenvalue weighted by atomic mass is 32.2. The second kappa shape index (κ2) is 8.63. The number of aryl methyl sites for hydroxylation is 3. The van der Waals surface area contributed by atoms with Gasteiger partial charge in [-0.25, -0.2) is 4.79 Å². The molecule has 0 unspecified atom stereocenters. The summed E-state index contributed by atoms with van der Waals surface area (Å²) in [6.07, 6.45) is 1.65. The maximum atomic E-state index is 12.8. The number of amides is 2. The van der Waals surface area contributed by atoms with Gasteiger partial charge < -0.3 is 10.4 Å². The summed E-state index contributed by atoms with van der Waals surface area (Å²) in [4.78, 5) is 38.7. The molecule has 10 nitrogen and oxygen atoms in total. The SMILES string of the molecule is CCn1cc(C(=O)N[C@H]2C(=O)N3C(C(=O)O)=C(CSc4nnc(C)s4)CS[C@H]23)c(C)n1. The van der Waals surface area contributed by atoms with Gasteiger partial charge >= 0.3 is 5.97 Å². The van der Waals surface area contributed by atoms with Gasteiger partial charge in [0.1, 0.15) is 22.1 Å². The van der Waals surface area contributed by atoms with E-state index in [1.165, 1.54) is 39.8 Å². The van der Waals surface area contributed by atoms with Crippen LogP contribution in [0.3, 0.4) is 0 Å². The number of carboxylic acid groups (broad SMARTS) is 1. The molecule has 13 heteroatoms. The monoisotopic (exact) mass is 480 g/mol. The van der Waals surface area contributed by atoms with Crippen molar-refractivity contribution in [3.8, 4) is 0 Å². The van der Waals surface area contributed by atoms with Crippen molar-refractivity contribution >= 4 is 52.6 Å². The lowest BCUT2D eigenvalue weighted by molar-refractivity contribution is -0.148. The number of nitrogens with one attached hydrogen (secondary N) is 1. The maximum absolute atomic E-state index is 12.8. The molecule has 31 heavy (non-hydrogen) atoms. The third-order valence-electron chi connectivity index (χ3n) is 4.93. The van der Waals surface area contributed by atoms with Crippen molar-refractivity contribution in [2.24, 2.45) is 0 Å². The number of carbonyl (C=O) groups is 3. The Morgan fingerprint density at radius 3 is 2.74 bits per heavy atom. The Hall–Kier alpha value is -2.38. The number of aliphatic carboxylic acids is 1. The van der Waals surface area contributed by atoms with Crippen molar-refractivity contribution in [1.29, 1.82) is 0 Å². The van der Waals surface area contributed by atoms with Crippen LogP contribution < -0.4 is 5.32 Å². The molecule has 0 radical (unpaired) electrons. The second-order valence-corrected chi connectivity index (χ2v) is 10.5. The van der Waals surface area contributed by atoms with Crippen LogP contribution in [0.2, 0.25) is 0 Å². The Bertz CT molecular complexity index is 1090. The zero-order valence-corrected chi connectivity index (χ0v) is 19.4. The minimum atomic E-state index is -1.15. The first-order valence-electron chi connectivity index (χ1n) is 9.48. The zero-order chi connectivity index (χ0) is 22.3.